The van der Waals surface area contributed by atoms with Gasteiger partial charge in [0.15, 0.2) is 0 Å². The van der Waals surface area contributed by atoms with Crippen molar-refractivity contribution in [1.82, 2.24) is 10.2 Å². The average Bonchev–Trinajstić information content (AvgIpc) is 2.95. The lowest BCUT2D eigenvalue weighted by atomic mass is 9.96. The number of carbonyl (C=O) groups excluding carboxylic acids is 3. The highest BCUT2D eigenvalue weighted by atomic mass is 16.6. The smallest absolute Gasteiger partial charge is 0.408 e. The van der Waals surface area contributed by atoms with E-state index in [1.165, 1.54) is 12.1 Å². The predicted molar refractivity (Wildman–Crippen MR) is 167 cm³/mol. The van der Waals surface area contributed by atoms with Gasteiger partial charge >= 0.3 is 6.09 Å². The van der Waals surface area contributed by atoms with Gasteiger partial charge < -0.3 is 30.1 Å². The number of unbranched alkanes of at least 4 members (excludes halogenated alkanes) is 1. The van der Waals surface area contributed by atoms with Crippen LogP contribution in [0.4, 0.5) is 10.5 Å². The van der Waals surface area contributed by atoms with E-state index < -0.39 is 29.7 Å². The maximum atomic E-state index is 14.5. The Bertz CT molecular complexity index is 1370. The summed E-state index contributed by atoms with van der Waals surface area (Å²) in [7, 11) is 1.57. The second kappa shape index (κ2) is 15.1. The SMILES string of the molecule is CCCCN(C(=O)C(Cc1ccc(O)cc1)NC(=O)OC(C)(C)C)C(C(=O)Nc1ccc(OC)cc1)c1ccccc1C. The molecule has 0 bridgehead atoms. The van der Waals surface area contributed by atoms with E-state index in [9.17, 15) is 19.5 Å². The van der Waals surface area contributed by atoms with Crippen molar-refractivity contribution in [2.45, 2.75) is 71.6 Å². The summed E-state index contributed by atoms with van der Waals surface area (Å²) in [5.41, 5.74) is 2.03. The van der Waals surface area contributed by atoms with Gasteiger partial charge in [-0.05, 0) is 87.2 Å². The molecule has 0 fully saturated rings. The molecule has 0 aliphatic rings. The molecule has 0 saturated carbocycles. The van der Waals surface area contributed by atoms with Crippen LogP contribution in [0.2, 0.25) is 0 Å². The number of amides is 3. The van der Waals surface area contributed by atoms with E-state index in [4.69, 9.17) is 9.47 Å². The quantitative estimate of drug-likeness (QED) is 0.233. The fraction of sp³-hybridized carbons (Fsp3) is 0.382. The maximum absolute atomic E-state index is 14.5. The Labute approximate surface area is 254 Å². The van der Waals surface area contributed by atoms with Gasteiger partial charge in [0.1, 0.15) is 29.2 Å². The molecule has 0 saturated heterocycles. The minimum atomic E-state index is -1.04. The van der Waals surface area contributed by atoms with E-state index in [1.54, 1.807) is 69.2 Å². The van der Waals surface area contributed by atoms with E-state index in [-0.39, 0.29) is 24.6 Å². The highest BCUT2D eigenvalue weighted by molar-refractivity contribution is 5.99. The number of carbonyl (C=O) groups is 3. The van der Waals surface area contributed by atoms with Crippen LogP contribution in [0.1, 0.15) is 63.3 Å². The van der Waals surface area contributed by atoms with Crippen molar-refractivity contribution >= 4 is 23.6 Å². The molecule has 9 heteroatoms. The number of ether oxygens (including phenoxy) is 2. The molecule has 3 aromatic carbocycles. The molecule has 230 valence electrons. The number of aromatic hydroxyl groups is 1. The van der Waals surface area contributed by atoms with Crippen LogP contribution >= 0.6 is 0 Å². The standard InChI is InChI=1S/C34H43N3O6/c1-7-8-21-37(32(40)29(36-33(41)43-34(3,4)5)22-24-13-17-26(38)18-14-24)30(28-12-10-9-11-23(28)2)31(39)35-25-15-19-27(42-6)20-16-25/h9-20,29-30,38H,7-8,21-22H2,1-6H3,(H,35,39)(H,36,41). The first-order valence-corrected chi connectivity index (χ1v) is 14.5. The molecule has 0 aliphatic heterocycles. The van der Waals surface area contributed by atoms with Crippen molar-refractivity contribution in [2.75, 3.05) is 19.0 Å². The first-order chi connectivity index (χ1) is 20.4. The largest absolute Gasteiger partial charge is 0.508 e. The van der Waals surface area contributed by atoms with Crippen molar-refractivity contribution in [3.8, 4) is 11.5 Å². The third-order valence-electron chi connectivity index (χ3n) is 6.80. The molecule has 3 N–H and O–H groups in total. The second-order valence-electron chi connectivity index (χ2n) is 11.4. The van der Waals surface area contributed by atoms with E-state index in [1.807, 2.05) is 38.1 Å². The van der Waals surface area contributed by atoms with Gasteiger partial charge in [-0.3, -0.25) is 9.59 Å². The van der Waals surface area contributed by atoms with Crippen molar-refractivity contribution in [3.05, 3.63) is 89.5 Å². The van der Waals surface area contributed by atoms with Gasteiger partial charge in [-0.25, -0.2) is 4.79 Å². The second-order valence-corrected chi connectivity index (χ2v) is 11.4. The molecule has 0 aromatic heterocycles. The first kappa shape index (κ1) is 33.0. The Morgan fingerprint density at radius 3 is 2.19 bits per heavy atom. The normalized spacial score (nSPS) is 12.5. The third-order valence-corrected chi connectivity index (χ3v) is 6.80. The summed E-state index contributed by atoms with van der Waals surface area (Å²) in [6.07, 6.45) is 0.811. The molecule has 2 unspecified atom stereocenters. The Hall–Kier alpha value is -4.53. The number of benzene rings is 3. The zero-order valence-electron chi connectivity index (χ0n) is 25.8. The van der Waals surface area contributed by atoms with Crippen LogP contribution in [0.3, 0.4) is 0 Å². The number of methoxy groups -OCH3 is 1. The molecule has 0 radical (unpaired) electrons. The molecule has 3 amide bonds. The topological polar surface area (TPSA) is 117 Å². The molecule has 0 spiro atoms. The van der Waals surface area contributed by atoms with E-state index in [0.717, 1.165) is 17.5 Å². The average molecular weight is 590 g/mol. The van der Waals surface area contributed by atoms with Crippen LogP contribution in [-0.4, -0.2) is 53.2 Å². The Kier molecular flexibility index (Phi) is 11.6. The number of phenols is 1. The summed E-state index contributed by atoms with van der Waals surface area (Å²) >= 11 is 0. The molecule has 3 rings (SSSR count). The number of alkyl carbamates (subject to hydrolysis) is 1. The van der Waals surface area contributed by atoms with Crippen LogP contribution in [0.25, 0.3) is 0 Å². The van der Waals surface area contributed by atoms with Gasteiger partial charge in [-0.1, -0.05) is 49.7 Å². The number of phenolic OH excluding ortho intramolecular Hbond substituents is 1. The summed E-state index contributed by atoms with van der Waals surface area (Å²) in [4.78, 5) is 43.1. The summed E-state index contributed by atoms with van der Waals surface area (Å²) in [5.74, 6) is -0.0697. The van der Waals surface area contributed by atoms with Gasteiger partial charge in [-0.15, -0.1) is 0 Å². The number of hydrogen-bond donors (Lipinski definition) is 3. The predicted octanol–water partition coefficient (Wildman–Crippen LogP) is 6.15. The number of rotatable bonds is 12. The molecule has 0 aliphatic carbocycles. The molecule has 9 nitrogen and oxygen atoms in total. The van der Waals surface area contributed by atoms with Gasteiger partial charge in [0.2, 0.25) is 5.91 Å². The molecule has 43 heavy (non-hydrogen) atoms. The molecular formula is C34H43N3O6. The highest BCUT2D eigenvalue weighted by Crippen LogP contribution is 2.28. The summed E-state index contributed by atoms with van der Waals surface area (Å²) < 4.78 is 10.7. The van der Waals surface area contributed by atoms with Gasteiger partial charge in [0.25, 0.3) is 5.91 Å². The van der Waals surface area contributed by atoms with Gasteiger partial charge in [0.05, 0.1) is 7.11 Å². The monoisotopic (exact) mass is 589 g/mol. The minimum absolute atomic E-state index is 0.0890. The summed E-state index contributed by atoms with van der Waals surface area (Å²) in [6, 6.07) is 18.8. The van der Waals surface area contributed by atoms with Crippen LogP contribution in [-0.2, 0) is 20.7 Å². The number of hydrogen-bond acceptors (Lipinski definition) is 6. The van der Waals surface area contributed by atoms with Crippen molar-refractivity contribution in [2.24, 2.45) is 0 Å². The zero-order chi connectivity index (χ0) is 31.6. The van der Waals surface area contributed by atoms with Gasteiger partial charge in [0, 0.05) is 18.7 Å². The molecule has 0 heterocycles. The first-order valence-electron chi connectivity index (χ1n) is 14.5. The lowest BCUT2D eigenvalue weighted by Crippen LogP contribution is -2.53. The number of anilines is 1. The minimum Gasteiger partial charge on any atom is -0.508 e. The van der Waals surface area contributed by atoms with Crippen LogP contribution in [0, 0.1) is 6.92 Å². The Balaban J connectivity index is 2.05. The van der Waals surface area contributed by atoms with Crippen molar-refractivity contribution in [1.29, 1.82) is 0 Å². The van der Waals surface area contributed by atoms with E-state index in [2.05, 4.69) is 10.6 Å². The number of aryl methyl sites for hydroxylation is 1. The molecule has 2 atom stereocenters. The fourth-order valence-electron chi connectivity index (χ4n) is 4.64. The lowest BCUT2D eigenvalue weighted by molar-refractivity contribution is -0.140. The summed E-state index contributed by atoms with van der Waals surface area (Å²) in [6.45, 7) is 9.43. The van der Waals surface area contributed by atoms with Crippen LogP contribution in [0.5, 0.6) is 11.5 Å². The number of nitrogens with zero attached hydrogens (tertiary/aromatic N) is 1. The van der Waals surface area contributed by atoms with Gasteiger partial charge in [-0.2, -0.15) is 0 Å². The third kappa shape index (κ3) is 9.77. The Morgan fingerprint density at radius 2 is 1.60 bits per heavy atom. The van der Waals surface area contributed by atoms with Crippen LogP contribution in [0.15, 0.2) is 72.8 Å². The Morgan fingerprint density at radius 1 is 0.953 bits per heavy atom. The number of nitrogens with one attached hydrogen (secondary N) is 2. The van der Waals surface area contributed by atoms with Crippen LogP contribution < -0.4 is 15.4 Å². The van der Waals surface area contributed by atoms with E-state index in [0.29, 0.717) is 23.4 Å². The molecular weight excluding hydrogens is 546 g/mol. The van der Waals surface area contributed by atoms with Crippen molar-refractivity contribution in [3.63, 3.8) is 0 Å². The van der Waals surface area contributed by atoms with E-state index >= 15 is 0 Å². The lowest BCUT2D eigenvalue weighted by Gasteiger charge is -2.35. The molecule has 3 aromatic rings. The fourth-order valence-corrected chi connectivity index (χ4v) is 4.64. The zero-order valence-corrected chi connectivity index (χ0v) is 25.8. The van der Waals surface area contributed by atoms with Crippen molar-refractivity contribution < 1.29 is 29.0 Å². The summed E-state index contributed by atoms with van der Waals surface area (Å²) in [5, 5.41) is 15.5. The highest BCUT2D eigenvalue weighted by Gasteiger charge is 2.37. The maximum Gasteiger partial charge on any atom is 0.408 e.